The minimum absolute atomic E-state index is 0.175. The molecule has 2 aromatic rings. The third-order valence-electron chi connectivity index (χ3n) is 4.38. The maximum absolute atomic E-state index is 12.8. The standard InChI is InChI=1S/C22H25FN2O5S/c1-3-25(4-2)31(28,29)20-12-7-17(8-13-20)9-14-22(27)30-16-21(26)24-15-18-5-10-19(23)11-6-18/h5-14H,3-4,15-16H2,1-2H3,(H,24,26)/b14-9+. The van der Waals surface area contributed by atoms with Crippen LogP contribution in [0.1, 0.15) is 25.0 Å². The first kappa shape index (κ1) is 24.2. The fourth-order valence-corrected chi connectivity index (χ4v) is 4.12. The van der Waals surface area contributed by atoms with Crippen LogP contribution in [0.5, 0.6) is 0 Å². The summed E-state index contributed by atoms with van der Waals surface area (Å²) in [4.78, 5) is 23.7. The van der Waals surface area contributed by atoms with Crippen LogP contribution in [-0.4, -0.2) is 44.3 Å². The number of carbonyl (C=O) groups is 2. The number of hydrogen-bond donors (Lipinski definition) is 1. The number of ether oxygens (including phenoxy) is 1. The second-order valence-electron chi connectivity index (χ2n) is 6.50. The molecule has 0 aromatic heterocycles. The van der Waals surface area contributed by atoms with Crippen LogP contribution in [0.3, 0.4) is 0 Å². The molecule has 0 saturated heterocycles. The van der Waals surface area contributed by atoms with Crippen molar-refractivity contribution in [3.63, 3.8) is 0 Å². The number of halogens is 1. The quantitative estimate of drug-likeness (QED) is 0.446. The van der Waals surface area contributed by atoms with Crippen LogP contribution in [0.15, 0.2) is 59.5 Å². The zero-order valence-corrected chi connectivity index (χ0v) is 18.2. The summed E-state index contributed by atoms with van der Waals surface area (Å²) >= 11 is 0. The predicted octanol–water partition coefficient (Wildman–Crippen LogP) is 2.73. The van der Waals surface area contributed by atoms with Gasteiger partial charge in [-0.1, -0.05) is 38.1 Å². The fraction of sp³-hybridized carbons (Fsp3) is 0.273. The number of benzene rings is 2. The van der Waals surface area contributed by atoms with Crippen molar-refractivity contribution in [1.29, 1.82) is 0 Å². The molecule has 1 N–H and O–H groups in total. The van der Waals surface area contributed by atoms with Gasteiger partial charge in [0, 0.05) is 25.7 Å². The molecule has 0 saturated carbocycles. The molecule has 0 aliphatic carbocycles. The molecule has 1 amide bonds. The van der Waals surface area contributed by atoms with Crippen molar-refractivity contribution >= 4 is 28.0 Å². The molecule has 31 heavy (non-hydrogen) atoms. The first-order chi connectivity index (χ1) is 14.8. The van der Waals surface area contributed by atoms with Gasteiger partial charge in [-0.05, 0) is 41.5 Å². The number of carbonyl (C=O) groups excluding carboxylic acids is 2. The summed E-state index contributed by atoms with van der Waals surface area (Å²) in [6, 6.07) is 11.8. The highest BCUT2D eigenvalue weighted by molar-refractivity contribution is 7.89. The van der Waals surface area contributed by atoms with E-state index in [1.807, 2.05) is 0 Å². The van der Waals surface area contributed by atoms with Crippen molar-refractivity contribution in [2.75, 3.05) is 19.7 Å². The predicted molar refractivity (Wildman–Crippen MR) is 115 cm³/mol. The van der Waals surface area contributed by atoms with E-state index in [9.17, 15) is 22.4 Å². The molecule has 9 heteroatoms. The number of rotatable bonds is 10. The normalized spacial score (nSPS) is 11.6. The van der Waals surface area contributed by atoms with Gasteiger partial charge in [0.25, 0.3) is 5.91 Å². The number of hydrogen-bond acceptors (Lipinski definition) is 5. The molecule has 0 heterocycles. The third kappa shape index (κ3) is 7.30. The Kier molecular flexibility index (Phi) is 8.89. The lowest BCUT2D eigenvalue weighted by Crippen LogP contribution is -2.30. The molecule has 0 radical (unpaired) electrons. The molecule has 0 bridgehead atoms. The highest BCUT2D eigenvalue weighted by Gasteiger charge is 2.20. The van der Waals surface area contributed by atoms with E-state index in [1.165, 1.54) is 34.6 Å². The number of esters is 1. The van der Waals surface area contributed by atoms with Gasteiger partial charge in [0.1, 0.15) is 5.82 Å². The first-order valence-electron chi connectivity index (χ1n) is 9.72. The molecule has 2 aromatic carbocycles. The van der Waals surface area contributed by atoms with Gasteiger partial charge in [-0.25, -0.2) is 17.6 Å². The lowest BCUT2D eigenvalue weighted by atomic mass is 10.2. The molecule has 0 aliphatic rings. The summed E-state index contributed by atoms with van der Waals surface area (Å²) in [5, 5.41) is 2.56. The molecule has 0 fully saturated rings. The Bertz CT molecular complexity index is 1010. The average molecular weight is 449 g/mol. The second-order valence-corrected chi connectivity index (χ2v) is 8.44. The Morgan fingerprint density at radius 2 is 1.65 bits per heavy atom. The van der Waals surface area contributed by atoms with E-state index in [1.54, 1.807) is 38.1 Å². The Morgan fingerprint density at radius 3 is 2.23 bits per heavy atom. The Morgan fingerprint density at radius 1 is 1.03 bits per heavy atom. The number of nitrogens with zero attached hydrogens (tertiary/aromatic N) is 1. The Balaban J connectivity index is 1.83. The van der Waals surface area contributed by atoms with Gasteiger partial charge in [-0.2, -0.15) is 4.31 Å². The molecule has 0 aliphatic heterocycles. The topological polar surface area (TPSA) is 92.8 Å². The second kappa shape index (κ2) is 11.4. The van der Waals surface area contributed by atoms with Gasteiger partial charge < -0.3 is 10.1 Å². The van der Waals surface area contributed by atoms with Gasteiger partial charge in [-0.15, -0.1) is 0 Å². The molecule has 0 atom stereocenters. The third-order valence-corrected chi connectivity index (χ3v) is 6.45. The van der Waals surface area contributed by atoms with E-state index in [0.717, 1.165) is 6.08 Å². The summed E-state index contributed by atoms with van der Waals surface area (Å²) in [5.74, 6) is -1.57. The van der Waals surface area contributed by atoms with Crippen LogP contribution in [0.2, 0.25) is 0 Å². The monoisotopic (exact) mass is 448 g/mol. The highest BCUT2D eigenvalue weighted by atomic mass is 32.2. The van der Waals surface area contributed by atoms with E-state index < -0.39 is 28.5 Å². The lowest BCUT2D eigenvalue weighted by molar-refractivity contribution is -0.143. The number of nitrogens with one attached hydrogen (secondary N) is 1. The van der Waals surface area contributed by atoms with Crippen molar-refractivity contribution < 1.29 is 27.1 Å². The van der Waals surface area contributed by atoms with E-state index in [-0.39, 0.29) is 17.3 Å². The van der Waals surface area contributed by atoms with Gasteiger partial charge in [0.15, 0.2) is 6.61 Å². The van der Waals surface area contributed by atoms with E-state index in [0.29, 0.717) is 24.2 Å². The van der Waals surface area contributed by atoms with Crippen molar-refractivity contribution in [3.8, 4) is 0 Å². The zero-order valence-electron chi connectivity index (χ0n) is 17.4. The van der Waals surface area contributed by atoms with Gasteiger partial charge in [0.05, 0.1) is 4.90 Å². The lowest BCUT2D eigenvalue weighted by Gasteiger charge is -2.18. The smallest absolute Gasteiger partial charge is 0.331 e. The van der Waals surface area contributed by atoms with Crippen molar-refractivity contribution in [1.82, 2.24) is 9.62 Å². The SMILES string of the molecule is CCN(CC)S(=O)(=O)c1ccc(/C=C/C(=O)OCC(=O)NCc2ccc(F)cc2)cc1. The maximum atomic E-state index is 12.8. The molecule has 0 unspecified atom stereocenters. The molecule has 2 rings (SSSR count). The molecule has 166 valence electrons. The van der Waals surface area contributed by atoms with Crippen molar-refractivity contribution in [2.24, 2.45) is 0 Å². The van der Waals surface area contributed by atoms with Gasteiger partial charge in [0.2, 0.25) is 10.0 Å². The van der Waals surface area contributed by atoms with Crippen LogP contribution in [0, 0.1) is 5.82 Å². The summed E-state index contributed by atoms with van der Waals surface area (Å²) in [7, 11) is -3.54. The van der Waals surface area contributed by atoms with E-state index in [4.69, 9.17) is 4.74 Å². The molecular weight excluding hydrogens is 423 g/mol. The maximum Gasteiger partial charge on any atom is 0.331 e. The fourth-order valence-electron chi connectivity index (χ4n) is 2.67. The highest BCUT2D eigenvalue weighted by Crippen LogP contribution is 2.16. The molecular formula is C22H25FN2O5S. The summed E-state index contributed by atoms with van der Waals surface area (Å²) in [5.41, 5.74) is 1.32. The van der Waals surface area contributed by atoms with Crippen LogP contribution in [-0.2, 0) is 30.9 Å². The van der Waals surface area contributed by atoms with Crippen LogP contribution < -0.4 is 5.32 Å². The van der Waals surface area contributed by atoms with Crippen molar-refractivity contribution in [2.45, 2.75) is 25.3 Å². The molecule has 7 nitrogen and oxygen atoms in total. The first-order valence-corrected chi connectivity index (χ1v) is 11.2. The van der Waals surface area contributed by atoms with Crippen molar-refractivity contribution in [3.05, 3.63) is 71.6 Å². The van der Waals surface area contributed by atoms with Crippen LogP contribution in [0.25, 0.3) is 6.08 Å². The Hall–Kier alpha value is -3.04. The van der Waals surface area contributed by atoms with Crippen LogP contribution in [0.4, 0.5) is 4.39 Å². The minimum atomic E-state index is -3.54. The minimum Gasteiger partial charge on any atom is -0.452 e. The summed E-state index contributed by atoms with van der Waals surface area (Å²) in [6.07, 6.45) is 2.62. The number of sulfonamides is 1. The van der Waals surface area contributed by atoms with Crippen LogP contribution >= 0.6 is 0 Å². The number of amides is 1. The van der Waals surface area contributed by atoms with E-state index in [2.05, 4.69) is 5.32 Å². The molecule has 0 spiro atoms. The largest absolute Gasteiger partial charge is 0.452 e. The zero-order chi connectivity index (χ0) is 22.9. The van der Waals surface area contributed by atoms with Gasteiger partial charge >= 0.3 is 5.97 Å². The Labute approximate surface area is 181 Å². The summed E-state index contributed by atoms with van der Waals surface area (Å²) in [6.45, 7) is 4.04. The van der Waals surface area contributed by atoms with Gasteiger partial charge in [-0.3, -0.25) is 4.79 Å². The van der Waals surface area contributed by atoms with E-state index >= 15 is 0 Å². The summed E-state index contributed by atoms with van der Waals surface area (Å²) < 4.78 is 44.0. The average Bonchev–Trinajstić information content (AvgIpc) is 2.76.